The predicted molar refractivity (Wildman–Crippen MR) is 126 cm³/mol. The van der Waals surface area contributed by atoms with Crippen LogP contribution in [0.25, 0.3) is 0 Å². The van der Waals surface area contributed by atoms with E-state index in [4.69, 9.17) is 0 Å². The molecule has 168 valence electrons. The molecule has 0 bridgehead atoms. The van der Waals surface area contributed by atoms with Crippen LogP contribution in [0.2, 0.25) is 0 Å². The number of thioether (sulfide) groups is 1. The molecule has 3 unspecified atom stereocenters. The first kappa shape index (κ1) is 22.4. The van der Waals surface area contributed by atoms with Gasteiger partial charge in [-0.2, -0.15) is 0 Å². The van der Waals surface area contributed by atoms with Gasteiger partial charge in [0.05, 0.1) is 5.75 Å². The summed E-state index contributed by atoms with van der Waals surface area (Å²) in [5, 5.41) is 12.0. The van der Waals surface area contributed by atoms with Crippen LogP contribution in [-0.2, 0) is 23.7 Å². The maximum atomic E-state index is 12.6. The van der Waals surface area contributed by atoms with Gasteiger partial charge < -0.3 is 9.88 Å². The molecule has 1 aromatic heterocycles. The molecule has 2 aliphatic rings. The van der Waals surface area contributed by atoms with Gasteiger partial charge in [0, 0.05) is 13.6 Å². The Morgan fingerprint density at radius 3 is 2.84 bits per heavy atom. The fraction of sp³-hybridized carbons (Fsp3) is 0.640. The maximum Gasteiger partial charge on any atom is 0.230 e. The average Bonchev–Trinajstić information content (AvgIpc) is 3.15. The van der Waals surface area contributed by atoms with Crippen molar-refractivity contribution in [2.75, 3.05) is 12.3 Å². The summed E-state index contributed by atoms with van der Waals surface area (Å²) in [5.41, 5.74) is 4.90. The van der Waals surface area contributed by atoms with Crippen molar-refractivity contribution in [3.8, 4) is 0 Å². The van der Waals surface area contributed by atoms with Gasteiger partial charge >= 0.3 is 0 Å². The molecule has 0 spiro atoms. The lowest BCUT2D eigenvalue weighted by molar-refractivity contribution is -0.119. The second-order valence-corrected chi connectivity index (χ2v) is 11.3. The van der Waals surface area contributed by atoms with Gasteiger partial charge in [-0.1, -0.05) is 64.1 Å². The quantitative estimate of drug-likeness (QED) is 0.652. The minimum absolute atomic E-state index is 0.0827. The zero-order valence-corrected chi connectivity index (χ0v) is 20.4. The lowest BCUT2D eigenvalue weighted by Crippen LogP contribution is -2.53. The van der Waals surface area contributed by atoms with Gasteiger partial charge in [-0.3, -0.25) is 4.79 Å². The molecule has 6 heteroatoms. The summed E-state index contributed by atoms with van der Waals surface area (Å²) < 4.78 is 1.84. The molecule has 1 heterocycles. The molecule has 4 rings (SSSR count). The van der Waals surface area contributed by atoms with E-state index >= 15 is 0 Å². The Labute approximate surface area is 190 Å². The number of benzene rings is 1. The number of aromatic nitrogens is 3. The van der Waals surface area contributed by atoms with Crippen molar-refractivity contribution in [3.63, 3.8) is 0 Å². The van der Waals surface area contributed by atoms with E-state index in [0.717, 1.165) is 18.1 Å². The number of nitrogens with zero attached hydrogens (tertiary/aromatic N) is 3. The summed E-state index contributed by atoms with van der Waals surface area (Å²) in [4.78, 5) is 12.6. The zero-order valence-electron chi connectivity index (χ0n) is 19.6. The van der Waals surface area contributed by atoms with Gasteiger partial charge in [0.2, 0.25) is 5.91 Å². The van der Waals surface area contributed by atoms with Gasteiger partial charge in [0.15, 0.2) is 5.16 Å². The Bertz CT molecular complexity index is 955. The van der Waals surface area contributed by atoms with E-state index in [-0.39, 0.29) is 16.7 Å². The highest BCUT2D eigenvalue weighted by atomic mass is 32.2. The highest BCUT2D eigenvalue weighted by Crippen LogP contribution is 2.57. The number of nitrogens with one attached hydrogen (secondary N) is 1. The highest BCUT2D eigenvalue weighted by molar-refractivity contribution is 7.99. The van der Waals surface area contributed by atoms with Crippen LogP contribution in [0.5, 0.6) is 0 Å². The molecular formula is C25H36N4OS. The van der Waals surface area contributed by atoms with Crippen LogP contribution in [0.3, 0.4) is 0 Å². The Balaban J connectivity index is 1.45. The number of aryl methyl sites for hydroxylation is 2. The SMILES string of the molecule is CC(C)c1ccc2c(c1)CCC1C(C)(CNC(=O)CSc3nncn3C)CCCC21C. The molecule has 1 amide bonds. The largest absolute Gasteiger partial charge is 0.355 e. The number of carbonyl (C=O) groups is 1. The topological polar surface area (TPSA) is 59.8 Å². The molecular weight excluding hydrogens is 404 g/mol. The van der Waals surface area contributed by atoms with Gasteiger partial charge in [-0.05, 0) is 65.0 Å². The third-order valence-electron chi connectivity index (χ3n) is 7.86. The van der Waals surface area contributed by atoms with Crippen molar-refractivity contribution < 1.29 is 4.79 Å². The summed E-state index contributed by atoms with van der Waals surface area (Å²) in [6.45, 7) is 10.2. The first-order valence-electron chi connectivity index (χ1n) is 11.6. The van der Waals surface area contributed by atoms with Gasteiger partial charge in [0.1, 0.15) is 6.33 Å². The van der Waals surface area contributed by atoms with Crippen molar-refractivity contribution >= 4 is 17.7 Å². The molecule has 2 aromatic rings. The minimum Gasteiger partial charge on any atom is -0.355 e. The van der Waals surface area contributed by atoms with Gasteiger partial charge in [-0.15, -0.1) is 10.2 Å². The van der Waals surface area contributed by atoms with E-state index in [1.54, 1.807) is 17.5 Å². The molecule has 1 saturated carbocycles. The highest BCUT2D eigenvalue weighted by Gasteiger charge is 2.51. The number of carbonyl (C=O) groups excluding carboxylic acids is 1. The van der Waals surface area contributed by atoms with Crippen LogP contribution < -0.4 is 5.32 Å². The molecule has 31 heavy (non-hydrogen) atoms. The second-order valence-electron chi connectivity index (χ2n) is 10.4. The lowest BCUT2D eigenvalue weighted by Gasteiger charge is -2.55. The number of rotatable bonds is 6. The van der Waals surface area contributed by atoms with Crippen molar-refractivity contribution in [1.29, 1.82) is 0 Å². The zero-order chi connectivity index (χ0) is 22.2. The summed E-state index contributed by atoms with van der Waals surface area (Å²) in [6.07, 6.45) is 7.68. The molecule has 2 aliphatic carbocycles. The Morgan fingerprint density at radius 2 is 2.13 bits per heavy atom. The van der Waals surface area contributed by atoms with Crippen molar-refractivity contribution in [2.45, 2.75) is 76.3 Å². The van der Waals surface area contributed by atoms with Crippen molar-refractivity contribution in [3.05, 3.63) is 41.2 Å². The van der Waals surface area contributed by atoms with Crippen LogP contribution in [0.4, 0.5) is 0 Å². The van der Waals surface area contributed by atoms with Gasteiger partial charge in [-0.25, -0.2) is 0 Å². The standard InChI is InChI=1S/C25H36N4OS/c1-17(2)18-7-9-20-19(13-18)8-10-21-24(3,11-6-12-25(20,21)4)15-26-22(30)14-31-23-28-27-16-29(23)5/h7,9,13,16-17,21H,6,8,10-12,14-15H2,1-5H3,(H,26,30). The van der Waals surface area contributed by atoms with E-state index in [1.807, 2.05) is 11.6 Å². The van der Waals surface area contributed by atoms with Crippen LogP contribution in [-0.4, -0.2) is 33.0 Å². The minimum atomic E-state index is 0.0827. The Hall–Kier alpha value is -1.82. The molecule has 0 radical (unpaired) electrons. The number of hydrogen-bond acceptors (Lipinski definition) is 4. The third-order valence-corrected chi connectivity index (χ3v) is 8.89. The summed E-state index contributed by atoms with van der Waals surface area (Å²) >= 11 is 1.44. The van der Waals surface area contributed by atoms with Crippen LogP contribution in [0, 0.1) is 11.3 Å². The fourth-order valence-corrected chi connectivity index (χ4v) is 6.82. The number of amides is 1. The Kier molecular flexibility index (Phi) is 6.21. The summed E-state index contributed by atoms with van der Waals surface area (Å²) in [7, 11) is 1.90. The molecule has 3 atom stereocenters. The third kappa shape index (κ3) is 4.28. The van der Waals surface area contributed by atoms with E-state index in [1.165, 1.54) is 43.0 Å². The monoisotopic (exact) mass is 440 g/mol. The molecule has 5 nitrogen and oxygen atoms in total. The molecule has 1 fully saturated rings. The smallest absolute Gasteiger partial charge is 0.230 e. The molecule has 1 N–H and O–H groups in total. The van der Waals surface area contributed by atoms with Crippen molar-refractivity contribution in [1.82, 2.24) is 20.1 Å². The van der Waals surface area contributed by atoms with Gasteiger partial charge in [0.25, 0.3) is 0 Å². The van der Waals surface area contributed by atoms with Crippen LogP contribution >= 0.6 is 11.8 Å². The first-order valence-corrected chi connectivity index (χ1v) is 12.6. The molecule has 0 aliphatic heterocycles. The average molecular weight is 441 g/mol. The normalized spacial score (nSPS) is 27.6. The van der Waals surface area contributed by atoms with Crippen LogP contribution in [0.15, 0.2) is 29.7 Å². The van der Waals surface area contributed by atoms with Crippen LogP contribution in [0.1, 0.15) is 76.0 Å². The van der Waals surface area contributed by atoms with E-state index in [0.29, 0.717) is 17.6 Å². The van der Waals surface area contributed by atoms with E-state index in [2.05, 4.69) is 61.4 Å². The van der Waals surface area contributed by atoms with E-state index < -0.39 is 0 Å². The summed E-state index contributed by atoms with van der Waals surface area (Å²) in [6, 6.07) is 7.21. The molecule has 1 aromatic carbocycles. The van der Waals surface area contributed by atoms with Crippen molar-refractivity contribution in [2.24, 2.45) is 18.4 Å². The predicted octanol–water partition coefficient (Wildman–Crippen LogP) is 4.86. The number of hydrogen-bond donors (Lipinski definition) is 1. The Morgan fingerprint density at radius 1 is 1.32 bits per heavy atom. The summed E-state index contributed by atoms with van der Waals surface area (Å²) in [5.74, 6) is 1.63. The first-order chi connectivity index (χ1) is 14.7. The molecule has 0 saturated heterocycles. The number of fused-ring (bicyclic) bond motifs is 3. The fourth-order valence-electron chi connectivity index (χ4n) is 6.10. The second kappa shape index (κ2) is 8.61. The lowest BCUT2D eigenvalue weighted by atomic mass is 9.49. The van der Waals surface area contributed by atoms with E-state index in [9.17, 15) is 4.79 Å². The maximum absolute atomic E-state index is 12.6.